The number of fused-ring (bicyclic) bond motifs is 1. The third kappa shape index (κ3) is 3.37. The second-order valence-corrected chi connectivity index (χ2v) is 8.13. The number of oxime groups is 1. The highest BCUT2D eigenvalue weighted by Gasteiger charge is 2.53. The summed E-state index contributed by atoms with van der Waals surface area (Å²) in [6, 6.07) is -0.840. The summed E-state index contributed by atoms with van der Waals surface area (Å²) in [6.07, 6.45) is 3.21. The molecule has 0 unspecified atom stereocenters. The van der Waals surface area contributed by atoms with Crippen molar-refractivity contribution >= 4 is 51.7 Å². The zero-order valence-corrected chi connectivity index (χ0v) is 15.5. The van der Waals surface area contributed by atoms with Gasteiger partial charge in [0.05, 0.1) is 0 Å². The van der Waals surface area contributed by atoms with Crippen LogP contribution in [0.5, 0.6) is 0 Å². The first-order chi connectivity index (χ1) is 13.0. The number of hydrogen-bond donors (Lipinski definition) is 3. The average molecular weight is 409 g/mol. The summed E-state index contributed by atoms with van der Waals surface area (Å²) in [7, 11) is 0. The van der Waals surface area contributed by atoms with Gasteiger partial charge in [-0.1, -0.05) is 5.16 Å². The Morgan fingerprint density at radius 2 is 2.22 bits per heavy atom. The van der Waals surface area contributed by atoms with Crippen LogP contribution < -0.4 is 11.1 Å². The Morgan fingerprint density at radius 3 is 2.85 bits per heavy atom. The van der Waals surface area contributed by atoms with Crippen molar-refractivity contribution in [3.63, 3.8) is 0 Å². The second-order valence-electron chi connectivity index (χ2n) is 6.09. The van der Waals surface area contributed by atoms with Crippen molar-refractivity contribution in [3.05, 3.63) is 22.8 Å². The zero-order valence-electron chi connectivity index (χ0n) is 13.8. The molecule has 3 heterocycles. The van der Waals surface area contributed by atoms with E-state index in [0.29, 0.717) is 5.75 Å². The van der Waals surface area contributed by atoms with Gasteiger partial charge in [0.1, 0.15) is 28.9 Å². The first kappa shape index (κ1) is 17.8. The molecule has 2 fully saturated rings. The number of carboxylic acids is 1. The minimum Gasteiger partial charge on any atom is -0.477 e. The van der Waals surface area contributed by atoms with Gasteiger partial charge in [-0.3, -0.25) is 14.5 Å². The third-order valence-corrected chi connectivity index (χ3v) is 6.01. The van der Waals surface area contributed by atoms with E-state index in [1.54, 1.807) is 5.38 Å². The molecule has 10 nitrogen and oxygen atoms in total. The molecule has 27 heavy (non-hydrogen) atoms. The predicted octanol–water partition coefficient (Wildman–Crippen LogP) is -0.0232. The zero-order chi connectivity index (χ0) is 19.1. The van der Waals surface area contributed by atoms with Crippen LogP contribution in [0.25, 0.3) is 0 Å². The number of hydrogen-bond acceptors (Lipinski definition) is 9. The van der Waals surface area contributed by atoms with E-state index in [2.05, 4.69) is 15.5 Å². The first-order valence-corrected chi connectivity index (χ1v) is 10.0. The maximum Gasteiger partial charge on any atom is 0.352 e. The Hall–Kier alpha value is -2.60. The molecule has 4 rings (SSSR count). The quantitative estimate of drug-likeness (QED) is 0.337. The highest BCUT2D eigenvalue weighted by molar-refractivity contribution is 8.00. The van der Waals surface area contributed by atoms with Gasteiger partial charge in [0.2, 0.25) is 0 Å². The number of rotatable bonds is 6. The van der Waals surface area contributed by atoms with Crippen LogP contribution in [0.2, 0.25) is 0 Å². The minimum atomic E-state index is -1.17. The number of carboxylic acid groups (broad SMARTS) is 1. The molecular weight excluding hydrogens is 394 g/mol. The smallest absolute Gasteiger partial charge is 0.352 e. The van der Waals surface area contributed by atoms with Crippen LogP contribution >= 0.6 is 23.1 Å². The highest BCUT2D eigenvalue weighted by Crippen LogP contribution is 2.37. The number of nitrogens with zero attached hydrogens (tertiary/aromatic N) is 3. The largest absolute Gasteiger partial charge is 0.477 e. The van der Waals surface area contributed by atoms with Crippen LogP contribution in [-0.4, -0.2) is 61.8 Å². The van der Waals surface area contributed by atoms with Gasteiger partial charge in [-0.05, 0) is 18.9 Å². The molecule has 0 aromatic carbocycles. The molecule has 1 aromatic heterocycles. The molecule has 142 valence electrons. The third-order valence-electron chi connectivity index (χ3n) is 4.15. The number of carbonyl (C=O) groups excluding carboxylic acids is 2. The standard InChI is InChI=1S/C15H15N5O5S2/c16-15-17-7(5-27-15)9(19-25-6-1-2-6)11(21)18-10-12(22)20-8(14(23)24)3-4-26-13(10)20/h3,5-6,10,13H,1-2,4H2,(H2,16,17)(H,18,21)(H,23,24)/t10-,13+/m1/s1. The van der Waals surface area contributed by atoms with E-state index in [4.69, 9.17) is 10.6 Å². The second kappa shape index (κ2) is 6.85. The highest BCUT2D eigenvalue weighted by atomic mass is 32.2. The SMILES string of the molecule is Nc1nc(C(=NOC2CC2)C(=O)N[C@@H]2C(=O)N3C(C(=O)O)=CCS[C@@H]23)cs1. The molecule has 4 N–H and O–H groups in total. The molecule has 1 aromatic rings. The molecule has 1 saturated heterocycles. The average Bonchev–Trinajstić information content (AvgIpc) is 3.38. The number of carbonyl (C=O) groups is 3. The van der Waals surface area contributed by atoms with Gasteiger partial charge in [-0.25, -0.2) is 9.78 Å². The molecule has 2 atom stereocenters. The van der Waals surface area contributed by atoms with Gasteiger partial charge < -0.3 is 21.0 Å². The van der Waals surface area contributed by atoms with Crippen molar-refractivity contribution in [1.82, 2.24) is 15.2 Å². The van der Waals surface area contributed by atoms with Gasteiger partial charge in [0, 0.05) is 11.1 Å². The van der Waals surface area contributed by atoms with Crippen LogP contribution in [0, 0.1) is 0 Å². The minimum absolute atomic E-state index is 0.0122. The monoisotopic (exact) mass is 409 g/mol. The number of β-lactam (4-membered cyclic amide) rings is 1. The fourth-order valence-electron chi connectivity index (χ4n) is 2.65. The molecule has 0 radical (unpaired) electrons. The Balaban J connectivity index is 1.50. The lowest BCUT2D eigenvalue weighted by Crippen LogP contribution is -2.70. The number of nitrogens with two attached hydrogens (primary N) is 1. The Morgan fingerprint density at radius 1 is 1.44 bits per heavy atom. The molecule has 1 saturated carbocycles. The molecule has 2 amide bonds. The lowest BCUT2D eigenvalue weighted by molar-refractivity contribution is -0.150. The van der Waals surface area contributed by atoms with E-state index >= 15 is 0 Å². The number of thioether (sulfide) groups is 1. The number of amides is 2. The first-order valence-electron chi connectivity index (χ1n) is 8.10. The maximum absolute atomic E-state index is 12.7. The van der Waals surface area contributed by atoms with Crippen molar-refractivity contribution in [2.24, 2.45) is 5.16 Å². The van der Waals surface area contributed by atoms with E-state index in [0.717, 1.165) is 24.2 Å². The fraction of sp³-hybridized carbons (Fsp3) is 0.400. The molecule has 3 aliphatic rings. The maximum atomic E-state index is 12.7. The van der Waals surface area contributed by atoms with Gasteiger partial charge in [0.15, 0.2) is 10.8 Å². The summed E-state index contributed by atoms with van der Waals surface area (Å²) in [6.45, 7) is 0. The summed E-state index contributed by atoms with van der Waals surface area (Å²) in [5.74, 6) is -1.83. The fourth-order valence-corrected chi connectivity index (χ4v) is 4.39. The van der Waals surface area contributed by atoms with E-state index in [9.17, 15) is 19.5 Å². The molecule has 1 aliphatic carbocycles. The molecule has 12 heteroatoms. The van der Waals surface area contributed by atoms with Gasteiger partial charge in [0.25, 0.3) is 11.8 Å². The summed E-state index contributed by atoms with van der Waals surface area (Å²) in [5, 5.41) is 17.1. The lowest BCUT2D eigenvalue weighted by atomic mass is 10.0. The van der Waals surface area contributed by atoms with Gasteiger partial charge in [-0.2, -0.15) is 0 Å². The molecular formula is C15H15N5O5S2. The number of thiazole rings is 1. The van der Waals surface area contributed by atoms with Gasteiger partial charge >= 0.3 is 5.97 Å². The number of aliphatic carboxylic acids is 1. The van der Waals surface area contributed by atoms with Crippen molar-refractivity contribution in [2.45, 2.75) is 30.4 Å². The van der Waals surface area contributed by atoms with Crippen LogP contribution in [0.15, 0.2) is 22.3 Å². The lowest BCUT2D eigenvalue weighted by Gasteiger charge is -2.48. The Labute approximate surface area is 161 Å². The molecule has 2 aliphatic heterocycles. The Bertz CT molecular complexity index is 878. The summed E-state index contributed by atoms with van der Waals surface area (Å²) >= 11 is 2.53. The predicted molar refractivity (Wildman–Crippen MR) is 97.9 cm³/mol. The van der Waals surface area contributed by atoms with Crippen LogP contribution in [0.1, 0.15) is 18.5 Å². The van der Waals surface area contributed by atoms with Crippen LogP contribution in [0.3, 0.4) is 0 Å². The van der Waals surface area contributed by atoms with Crippen LogP contribution in [0.4, 0.5) is 5.13 Å². The van der Waals surface area contributed by atoms with Crippen molar-refractivity contribution in [3.8, 4) is 0 Å². The number of nitrogen functional groups attached to an aromatic ring is 1. The number of anilines is 1. The summed E-state index contributed by atoms with van der Waals surface area (Å²) in [4.78, 5) is 46.9. The van der Waals surface area contributed by atoms with Crippen molar-refractivity contribution in [1.29, 1.82) is 0 Å². The molecule has 0 bridgehead atoms. The summed E-state index contributed by atoms with van der Waals surface area (Å²) < 4.78 is 0. The van der Waals surface area contributed by atoms with Crippen molar-refractivity contribution in [2.75, 3.05) is 11.5 Å². The summed E-state index contributed by atoms with van der Waals surface area (Å²) in [5.41, 5.74) is 5.77. The normalized spacial score (nSPS) is 24.6. The number of aromatic nitrogens is 1. The van der Waals surface area contributed by atoms with E-state index in [1.165, 1.54) is 22.7 Å². The topological polar surface area (TPSA) is 147 Å². The molecule has 0 spiro atoms. The van der Waals surface area contributed by atoms with E-state index in [1.807, 2.05) is 0 Å². The Kier molecular flexibility index (Phi) is 4.52. The van der Waals surface area contributed by atoms with E-state index < -0.39 is 29.2 Å². The van der Waals surface area contributed by atoms with Crippen molar-refractivity contribution < 1.29 is 24.3 Å². The van der Waals surface area contributed by atoms with Crippen LogP contribution in [-0.2, 0) is 19.2 Å². The van der Waals surface area contributed by atoms with Gasteiger partial charge in [-0.15, -0.1) is 23.1 Å². The van der Waals surface area contributed by atoms with E-state index in [-0.39, 0.29) is 28.3 Å². The number of nitrogens with one attached hydrogen (secondary N) is 1.